The smallest absolute Gasteiger partial charge is 0.0587 e. The lowest BCUT2D eigenvalue weighted by Crippen LogP contribution is -2.08. The van der Waals surface area contributed by atoms with Gasteiger partial charge in [-0.1, -0.05) is 0 Å². The van der Waals surface area contributed by atoms with Gasteiger partial charge >= 0.3 is 0 Å². The number of anilines is 1. The molecular weight excluding hydrogens is 194 g/mol. The molecule has 0 aromatic heterocycles. The van der Waals surface area contributed by atoms with Crippen LogP contribution in [0.4, 0.5) is 5.69 Å². The minimum absolute atomic E-state index is 0.599. The summed E-state index contributed by atoms with van der Waals surface area (Å²) in [4.78, 5) is 1.41. The Morgan fingerprint density at radius 1 is 1.57 bits per heavy atom. The van der Waals surface area contributed by atoms with Crippen molar-refractivity contribution in [2.24, 2.45) is 0 Å². The highest BCUT2D eigenvalue weighted by molar-refractivity contribution is 8.00. The Bertz CT molecular complexity index is 327. The molecule has 1 aliphatic heterocycles. The van der Waals surface area contributed by atoms with Crippen molar-refractivity contribution in [2.45, 2.75) is 16.6 Å². The molecule has 1 unspecified atom stereocenters. The van der Waals surface area contributed by atoms with Crippen molar-refractivity contribution in [3.05, 3.63) is 23.8 Å². The maximum Gasteiger partial charge on any atom is 0.0587 e. The van der Waals surface area contributed by atoms with Crippen LogP contribution in [0.25, 0.3) is 0 Å². The van der Waals surface area contributed by atoms with Crippen LogP contribution in [0.2, 0.25) is 0 Å². The summed E-state index contributed by atoms with van der Waals surface area (Å²) in [5.41, 5.74) is 2.64. The Hall–Kier alpha value is -0.670. The first-order valence-corrected chi connectivity index (χ1v) is 5.67. The standard InChI is InChI=1S/C11H15NOS/c1-12-9-3-4-11-8(5-9)6-10(14-11)7-13-2/h3-5,10,12H,6-7H2,1-2H3. The minimum Gasteiger partial charge on any atom is -0.388 e. The molecule has 0 spiro atoms. The second kappa shape index (κ2) is 4.24. The lowest BCUT2D eigenvalue weighted by molar-refractivity contribution is 0.200. The number of rotatable bonds is 3. The largest absolute Gasteiger partial charge is 0.388 e. The summed E-state index contributed by atoms with van der Waals surface area (Å²) in [6.07, 6.45) is 1.13. The van der Waals surface area contributed by atoms with E-state index in [1.807, 2.05) is 18.8 Å². The van der Waals surface area contributed by atoms with Crippen LogP contribution in [0.5, 0.6) is 0 Å². The molecule has 1 N–H and O–H groups in total. The van der Waals surface area contributed by atoms with Crippen LogP contribution < -0.4 is 5.32 Å². The number of hydrogen-bond donors (Lipinski definition) is 1. The van der Waals surface area contributed by atoms with Crippen LogP contribution >= 0.6 is 11.8 Å². The fraction of sp³-hybridized carbons (Fsp3) is 0.455. The summed E-state index contributed by atoms with van der Waals surface area (Å²) >= 11 is 1.93. The maximum atomic E-state index is 5.18. The van der Waals surface area contributed by atoms with Crippen LogP contribution in [0.15, 0.2) is 23.1 Å². The molecule has 3 heteroatoms. The topological polar surface area (TPSA) is 21.3 Å². The first kappa shape index (κ1) is 9.87. The molecule has 0 fully saturated rings. The monoisotopic (exact) mass is 209 g/mol. The highest BCUT2D eigenvalue weighted by atomic mass is 32.2. The van der Waals surface area contributed by atoms with Gasteiger partial charge in [0.15, 0.2) is 0 Å². The molecule has 0 saturated carbocycles. The second-order valence-electron chi connectivity index (χ2n) is 3.47. The molecule has 1 atom stereocenters. The SMILES string of the molecule is CNc1ccc2c(c1)CC(COC)S2. The van der Waals surface area contributed by atoms with Crippen molar-refractivity contribution < 1.29 is 4.74 Å². The molecule has 0 aliphatic carbocycles. The molecule has 76 valence electrons. The maximum absolute atomic E-state index is 5.18. The quantitative estimate of drug-likeness (QED) is 0.826. The van der Waals surface area contributed by atoms with Crippen LogP contribution in [0.3, 0.4) is 0 Å². The Morgan fingerprint density at radius 3 is 3.14 bits per heavy atom. The van der Waals surface area contributed by atoms with Crippen LogP contribution in [-0.2, 0) is 11.2 Å². The van der Waals surface area contributed by atoms with Gasteiger partial charge in [-0.05, 0) is 30.2 Å². The number of fused-ring (bicyclic) bond motifs is 1. The molecule has 2 nitrogen and oxygen atoms in total. The molecule has 14 heavy (non-hydrogen) atoms. The first-order chi connectivity index (χ1) is 6.83. The third kappa shape index (κ3) is 1.88. The predicted molar refractivity (Wildman–Crippen MR) is 61.2 cm³/mol. The lowest BCUT2D eigenvalue weighted by Gasteiger charge is -2.04. The van der Waals surface area contributed by atoms with Gasteiger partial charge in [0.05, 0.1) is 6.61 Å². The number of benzene rings is 1. The molecule has 0 bridgehead atoms. The summed E-state index contributed by atoms with van der Waals surface area (Å²) in [6.45, 7) is 0.842. The fourth-order valence-electron chi connectivity index (χ4n) is 1.75. The third-order valence-electron chi connectivity index (χ3n) is 2.44. The highest BCUT2D eigenvalue weighted by Crippen LogP contribution is 2.38. The number of thioether (sulfide) groups is 1. The van der Waals surface area contributed by atoms with Gasteiger partial charge in [0.25, 0.3) is 0 Å². The molecule has 1 aromatic rings. The van der Waals surface area contributed by atoms with Gasteiger partial charge in [-0.2, -0.15) is 0 Å². The van der Waals surface area contributed by atoms with Gasteiger partial charge in [0, 0.05) is 30.0 Å². The van der Waals surface area contributed by atoms with Crippen molar-refractivity contribution in [1.29, 1.82) is 0 Å². The van der Waals surface area contributed by atoms with Gasteiger partial charge in [-0.25, -0.2) is 0 Å². The van der Waals surface area contributed by atoms with E-state index in [-0.39, 0.29) is 0 Å². The van der Waals surface area contributed by atoms with Crippen molar-refractivity contribution in [3.8, 4) is 0 Å². The number of nitrogens with one attached hydrogen (secondary N) is 1. The van der Waals surface area contributed by atoms with Gasteiger partial charge in [-0.3, -0.25) is 0 Å². The molecule has 0 radical (unpaired) electrons. The summed E-state index contributed by atoms with van der Waals surface area (Å²) in [6, 6.07) is 6.56. The van der Waals surface area contributed by atoms with Crippen LogP contribution in [0.1, 0.15) is 5.56 Å². The zero-order valence-corrected chi connectivity index (χ0v) is 9.36. The van der Waals surface area contributed by atoms with E-state index in [0.717, 1.165) is 13.0 Å². The van der Waals surface area contributed by atoms with E-state index >= 15 is 0 Å². The van der Waals surface area contributed by atoms with Crippen molar-refractivity contribution in [1.82, 2.24) is 0 Å². The van der Waals surface area contributed by atoms with E-state index in [2.05, 4.69) is 23.5 Å². The van der Waals surface area contributed by atoms with Gasteiger partial charge in [0.1, 0.15) is 0 Å². The molecule has 2 rings (SSSR count). The van der Waals surface area contributed by atoms with E-state index in [9.17, 15) is 0 Å². The molecule has 0 saturated heterocycles. The van der Waals surface area contributed by atoms with Gasteiger partial charge in [-0.15, -0.1) is 11.8 Å². The lowest BCUT2D eigenvalue weighted by atomic mass is 10.1. The van der Waals surface area contributed by atoms with Crippen molar-refractivity contribution in [2.75, 3.05) is 26.1 Å². The third-order valence-corrected chi connectivity index (χ3v) is 3.73. The van der Waals surface area contributed by atoms with E-state index in [0.29, 0.717) is 5.25 Å². The average Bonchev–Trinajstić information content (AvgIpc) is 2.59. The Labute approximate surface area is 89.0 Å². The van der Waals surface area contributed by atoms with Crippen LogP contribution in [0, 0.1) is 0 Å². The predicted octanol–water partition coefficient (Wildman–Crippen LogP) is 2.39. The summed E-state index contributed by atoms with van der Waals surface area (Å²) in [5.74, 6) is 0. The van der Waals surface area contributed by atoms with Crippen molar-refractivity contribution in [3.63, 3.8) is 0 Å². The summed E-state index contributed by atoms with van der Waals surface area (Å²) in [7, 11) is 3.72. The summed E-state index contributed by atoms with van der Waals surface area (Å²) in [5, 5.41) is 3.76. The molecule has 1 aliphatic rings. The van der Waals surface area contributed by atoms with Gasteiger partial charge in [0.2, 0.25) is 0 Å². The van der Waals surface area contributed by atoms with E-state index in [4.69, 9.17) is 4.74 Å². The molecular formula is C11H15NOS. The normalized spacial score (nSPS) is 19.4. The second-order valence-corrected chi connectivity index (χ2v) is 4.81. The Balaban J connectivity index is 2.14. The number of ether oxygens (including phenoxy) is 1. The Kier molecular flexibility index (Phi) is 2.99. The van der Waals surface area contributed by atoms with E-state index in [1.165, 1.54) is 16.1 Å². The number of hydrogen-bond acceptors (Lipinski definition) is 3. The molecule has 1 aromatic carbocycles. The number of methoxy groups -OCH3 is 1. The van der Waals surface area contributed by atoms with E-state index in [1.54, 1.807) is 7.11 Å². The van der Waals surface area contributed by atoms with Gasteiger partial charge < -0.3 is 10.1 Å². The van der Waals surface area contributed by atoms with E-state index < -0.39 is 0 Å². The molecule has 0 amide bonds. The zero-order chi connectivity index (χ0) is 9.97. The average molecular weight is 209 g/mol. The summed E-state index contributed by atoms with van der Waals surface area (Å²) < 4.78 is 5.18. The Morgan fingerprint density at radius 2 is 2.43 bits per heavy atom. The minimum atomic E-state index is 0.599. The molecule has 1 heterocycles. The zero-order valence-electron chi connectivity index (χ0n) is 8.54. The fourth-order valence-corrected chi connectivity index (χ4v) is 3.02. The highest BCUT2D eigenvalue weighted by Gasteiger charge is 2.21. The first-order valence-electron chi connectivity index (χ1n) is 4.79. The van der Waals surface area contributed by atoms with Crippen molar-refractivity contribution >= 4 is 17.4 Å². The van der Waals surface area contributed by atoms with Crippen LogP contribution in [-0.4, -0.2) is 26.0 Å².